The standard InChI is InChI=1S/C26H32N2O2/c1-30-25-12-6-10-23(18-25)22-9-5-11-24(17-22)27-26(29)21-13-15-28(16-14-21)19-20-7-3-2-4-8-20/h2-3,5-6,9-12,17-18,20-21H,4,7-8,13-16,19H2,1H3,(H,27,29). The lowest BCUT2D eigenvalue weighted by atomic mass is 9.91. The monoisotopic (exact) mass is 404 g/mol. The largest absolute Gasteiger partial charge is 0.497 e. The minimum Gasteiger partial charge on any atom is -0.497 e. The zero-order valence-corrected chi connectivity index (χ0v) is 17.8. The Hall–Kier alpha value is -2.59. The van der Waals surface area contributed by atoms with E-state index in [1.165, 1.54) is 25.8 Å². The summed E-state index contributed by atoms with van der Waals surface area (Å²) in [5.41, 5.74) is 3.01. The molecule has 1 fully saturated rings. The van der Waals surface area contributed by atoms with Gasteiger partial charge in [-0.25, -0.2) is 0 Å². The van der Waals surface area contributed by atoms with Gasteiger partial charge in [-0.2, -0.15) is 0 Å². The van der Waals surface area contributed by atoms with Crippen LogP contribution in [0.25, 0.3) is 11.1 Å². The summed E-state index contributed by atoms with van der Waals surface area (Å²) in [6, 6.07) is 16.0. The summed E-state index contributed by atoms with van der Waals surface area (Å²) in [5.74, 6) is 1.88. The number of hydrogen-bond donors (Lipinski definition) is 1. The van der Waals surface area contributed by atoms with Crippen molar-refractivity contribution < 1.29 is 9.53 Å². The molecule has 0 radical (unpaired) electrons. The number of benzene rings is 2. The summed E-state index contributed by atoms with van der Waals surface area (Å²) in [6.45, 7) is 3.24. The lowest BCUT2D eigenvalue weighted by Gasteiger charge is -2.34. The number of rotatable bonds is 6. The molecule has 0 spiro atoms. The summed E-state index contributed by atoms with van der Waals surface area (Å²) in [4.78, 5) is 15.4. The normalized spacial score (nSPS) is 20.1. The van der Waals surface area contributed by atoms with Gasteiger partial charge in [0.15, 0.2) is 0 Å². The van der Waals surface area contributed by atoms with Crippen LogP contribution in [0.4, 0.5) is 5.69 Å². The van der Waals surface area contributed by atoms with Gasteiger partial charge in [0.05, 0.1) is 7.11 Å². The molecule has 4 rings (SSSR count). The molecule has 1 aliphatic heterocycles. The van der Waals surface area contributed by atoms with Crippen LogP contribution in [-0.2, 0) is 4.79 Å². The van der Waals surface area contributed by atoms with Crippen molar-refractivity contribution in [3.63, 3.8) is 0 Å². The molecule has 1 amide bonds. The summed E-state index contributed by atoms with van der Waals surface area (Å²) >= 11 is 0. The number of allylic oxidation sites excluding steroid dienone is 2. The molecule has 2 aromatic rings. The fourth-order valence-corrected chi connectivity index (χ4v) is 4.59. The van der Waals surface area contributed by atoms with Crippen LogP contribution in [0.1, 0.15) is 32.1 Å². The molecule has 1 N–H and O–H groups in total. The first kappa shape index (κ1) is 20.7. The van der Waals surface area contributed by atoms with Crippen LogP contribution in [0.5, 0.6) is 5.75 Å². The van der Waals surface area contributed by atoms with E-state index in [2.05, 4.69) is 34.5 Å². The number of piperidine rings is 1. The van der Waals surface area contributed by atoms with E-state index in [0.29, 0.717) is 0 Å². The van der Waals surface area contributed by atoms with Crippen LogP contribution >= 0.6 is 0 Å². The third kappa shape index (κ3) is 5.31. The van der Waals surface area contributed by atoms with Crippen LogP contribution in [-0.4, -0.2) is 37.6 Å². The molecule has 0 bridgehead atoms. The maximum Gasteiger partial charge on any atom is 0.227 e. The molecule has 1 saturated heterocycles. The Labute approximate surface area is 179 Å². The van der Waals surface area contributed by atoms with Crippen molar-refractivity contribution in [1.82, 2.24) is 4.90 Å². The first-order valence-electron chi connectivity index (χ1n) is 11.1. The van der Waals surface area contributed by atoms with Crippen LogP contribution in [0.2, 0.25) is 0 Å². The van der Waals surface area contributed by atoms with Gasteiger partial charge in [-0.15, -0.1) is 0 Å². The minimum absolute atomic E-state index is 0.105. The maximum atomic E-state index is 12.9. The smallest absolute Gasteiger partial charge is 0.227 e. The fraction of sp³-hybridized carbons (Fsp3) is 0.423. The molecule has 1 atom stereocenters. The second-order valence-corrected chi connectivity index (χ2v) is 8.53. The number of ether oxygens (including phenoxy) is 1. The van der Waals surface area contributed by atoms with Crippen molar-refractivity contribution in [2.45, 2.75) is 32.1 Å². The van der Waals surface area contributed by atoms with Crippen LogP contribution in [0.15, 0.2) is 60.7 Å². The second-order valence-electron chi connectivity index (χ2n) is 8.53. The highest BCUT2D eigenvalue weighted by Gasteiger charge is 2.26. The zero-order chi connectivity index (χ0) is 20.8. The van der Waals surface area contributed by atoms with Gasteiger partial charge in [0.25, 0.3) is 0 Å². The number of carbonyl (C=O) groups is 1. The number of nitrogens with one attached hydrogen (secondary N) is 1. The molecule has 1 unspecified atom stereocenters. The van der Waals surface area contributed by atoms with E-state index < -0.39 is 0 Å². The Morgan fingerprint density at radius 3 is 2.53 bits per heavy atom. The van der Waals surface area contributed by atoms with E-state index >= 15 is 0 Å². The second kappa shape index (κ2) is 9.94. The summed E-state index contributed by atoms with van der Waals surface area (Å²) in [6.07, 6.45) is 10.3. The molecule has 2 aliphatic rings. The van der Waals surface area contributed by atoms with E-state index in [-0.39, 0.29) is 11.8 Å². The first-order chi connectivity index (χ1) is 14.7. The molecule has 0 aromatic heterocycles. The lowest BCUT2D eigenvalue weighted by Crippen LogP contribution is -2.40. The molecule has 2 aromatic carbocycles. The number of carbonyl (C=O) groups excluding carboxylic acids is 1. The quantitative estimate of drug-likeness (QED) is 0.658. The Balaban J connectivity index is 1.31. The minimum atomic E-state index is 0.105. The van der Waals surface area contributed by atoms with Crippen molar-refractivity contribution in [3.8, 4) is 16.9 Å². The van der Waals surface area contributed by atoms with E-state index in [0.717, 1.165) is 54.4 Å². The molecule has 0 saturated carbocycles. The summed E-state index contributed by atoms with van der Waals surface area (Å²) in [7, 11) is 1.67. The number of anilines is 1. The molecular weight excluding hydrogens is 372 g/mol. The van der Waals surface area contributed by atoms with Crippen molar-refractivity contribution in [2.75, 3.05) is 32.1 Å². The number of methoxy groups -OCH3 is 1. The number of nitrogens with zero attached hydrogens (tertiary/aromatic N) is 1. The average Bonchev–Trinajstić information content (AvgIpc) is 2.80. The van der Waals surface area contributed by atoms with Gasteiger partial charge in [-0.3, -0.25) is 4.79 Å². The Morgan fingerprint density at radius 1 is 1.03 bits per heavy atom. The molecule has 1 heterocycles. The van der Waals surface area contributed by atoms with E-state index in [1.807, 2.05) is 36.4 Å². The first-order valence-corrected chi connectivity index (χ1v) is 11.1. The van der Waals surface area contributed by atoms with Gasteiger partial charge in [0, 0.05) is 18.2 Å². The van der Waals surface area contributed by atoms with E-state index in [9.17, 15) is 4.79 Å². The Morgan fingerprint density at radius 2 is 1.80 bits per heavy atom. The average molecular weight is 405 g/mol. The van der Waals surface area contributed by atoms with Gasteiger partial charge in [0.1, 0.15) is 5.75 Å². The van der Waals surface area contributed by atoms with Gasteiger partial charge < -0.3 is 15.0 Å². The summed E-state index contributed by atoms with van der Waals surface area (Å²) < 4.78 is 5.33. The fourth-order valence-electron chi connectivity index (χ4n) is 4.59. The van der Waals surface area contributed by atoms with Gasteiger partial charge in [-0.1, -0.05) is 36.4 Å². The third-order valence-corrected chi connectivity index (χ3v) is 6.39. The van der Waals surface area contributed by atoms with Crippen LogP contribution < -0.4 is 10.1 Å². The Kier molecular flexibility index (Phi) is 6.85. The number of hydrogen-bond acceptors (Lipinski definition) is 3. The molecular formula is C26H32N2O2. The van der Waals surface area contributed by atoms with Crippen molar-refractivity contribution in [1.29, 1.82) is 0 Å². The molecule has 4 heteroatoms. The highest BCUT2D eigenvalue weighted by atomic mass is 16.5. The lowest BCUT2D eigenvalue weighted by molar-refractivity contribution is -0.121. The Bertz CT molecular complexity index is 884. The highest BCUT2D eigenvalue weighted by molar-refractivity contribution is 5.93. The van der Waals surface area contributed by atoms with Crippen molar-refractivity contribution in [2.24, 2.45) is 11.8 Å². The zero-order valence-electron chi connectivity index (χ0n) is 17.8. The van der Waals surface area contributed by atoms with Gasteiger partial charge >= 0.3 is 0 Å². The van der Waals surface area contributed by atoms with Crippen LogP contribution in [0, 0.1) is 11.8 Å². The van der Waals surface area contributed by atoms with E-state index in [1.54, 1.807) is 7.11 Å². The van der Waals surface area contributed by atoms with E-state index in [4.69, 9.17) is 4.74 Å². The summed E-state index contributed by atoms with van der Waals surface area (Å²) in [5, 5.41) is 3.15. The van der Waals surface area contributed by atoms with Gasteiger partial charge in [-0.05, 0) is 86.5 Å². The van der Waals surface area contributed by atoms with Crippen LogP contribution in [0.3, 0.4) is 0 Å². The SMILES string of the molecule is COc1cccc(-c2cccc(NC(=O)C3CCN(CC4CC=CCC4)CC3)c2)c1. The molecule has 4 nitrogen and oxygen atoms in total. The number of amides is 1. The highest BCUT2D eigenvalue weighted by Crippen LogP contribution is 2.27. The predicted molar refractivity (Wildman–Crippen MR) is 123 cm³/mol. The predicted octanol–water partition coefficient (Wildman–Crippen LogP) is 5.37. The van der Waals surface area contributed by atoms with Crippen molar-refractivity contribution >= 4 is 11.6 Å². The van der Waals surface area contributed by atoms with Crippen molar-refractivity contribution in [3.05, 3.63) is 60.7 Å². The maximum absolute atomic E-state index is 12.9. The molecule has 158 valence electrons. The number of likely N-dealkylation sites (tertiary alicyclic amines) is 1. The molecule has 1 aliphatic carbocycles. The third-order valence-electron chi connectivity index (χ3n) is 6.39. The molecule has 30 heavy (non-hydrogen) atoms. The van der Waals surface area contributed by atoms with Gasteiger partial charge in [0.2, 0.25) is 5.91 Å². The topological polar surface area (TPSA) is 41.6 Å².